The Labute approximate surface area is 179 Å². The molecule has 0 aliphatic carbocycles. The Balaban J connectivity index is 2.00. The Hall–Kier alpha value is -1.85. The largest absolute Gasteiger partial charge is 0.321 e. The molecule has 0 radical (unpaired) electrons. The molecule has 0 bridgehead atoms. The number of ketones is 1. The number of rotatable bonds is 4. The van der Waals surface area contributed by atoms with Crippen LogP contribution in [0.1, 0.15) is 26.3 Å². The van der Waals surface area contributed by atoms with Gasteiger partial charge >= 0.3 is 0 Å². The maximum Gasteiger partial charge on any atom is 0.257 e. The number of nitrogens with one attached hydrogen (secondary N) is 1. The van der Waals surface area contributed by atoms with E-state index in [4.69, 9.17) is 34.8 Å². The van der Waals surface area contributed by atoms with Gasteiger partial charge in [-0.1, -0.05) is 62.9 Å². The third kappa shape index (κ3) is 4.53. The fourth-order valence-electron chi connectivity index (χ4n) is 2.46. The van der Waals surface area contributed by atoms with Crippen LogP contribution in [-0.2, 0) is 0 Å². The van der Waals surface area contributed by atoms with Crippen LogP contribution in [0.4, 0.5) is 5.69 Å². The molecule has 27 heavy (non-hydrogen) atoms. The average Bonchev–Trinajstić information content (AvgIpc) is 2.65. The molecule has 1 N–H and O–H groups in total. The van der Waals surface area contributed by atoms with Crippen LogP contribution in [0, 0.1) is 0 Å². The normalized spacial score (nSPS) is 10.5. The summed E-state index contributed by atoms with van der Waals surface area (Å²) >= 11 is 21.5. The zero-order valence-corrected chi connectivity index (χ0v) is 17.5. The summed E-state index contributed by atoms with van der Waals surface area (Å²) in [6.07, 6.45) is 0. The molecule has 3 rings (SSSR count). The average molecular weight is 484 g/mol. The number of hydrogen-bond acceptors (Lipinski definition) is 2. The lowest BCUT2D eigenvalue weighted by atomic mass is 10.0. The minimum atomic E-state index is -0.474. The Morgan fingerprint density at radius 1 is 0.778 bits per heavy atom. The van der Waals surface area contributed by atoms with Gasteiger partial charge in [-0.15, -0.1) is 0 Å². The second-order valence-corrected chi connectivity index (χ2v) is 7.74. The topological polar surface area (TPSA) is 46.2 Å². The van der Waals surface area contributed by atoms with Gasteiger partial charge in [0.2, 0.25) is 0 Å². The summed E-state index contributed by atoms with van der Waals surface area (Å²) in [6, 6.07) is 16.3. The highest BCUT2D eigenvalue weighted by atomic mass is 79.9. The van der Waals surface area contributed by atoms with E-state index in [-0.39, 0.29) is 16.4 Å². The van der Waals surface area contributed by atoms with Crippen LogP contribution >= 0.6 is 50.7 Å². The molecule has 3 nitrogen and oxygen atoms in total. The van der Waals surface area contributed by atoms with Crippen molar-refractivity contribution in [2.45, 2.75) is 0 Å². The van der Waals surface area contributed by atoms with Crippen LogP contribution in [-0.4, -0.2) is 11.7 Å². The van der Waals surface area contributed by atoms with Crippen molar-refractivity contribution < 1.29 is 9.59 Å². The van der Waals surface area contributed by atoms with Crippen molar-refractivity contribution in [3.63, 3.8) is 0 Å². The van der Waals surface area contributed by atoms with Gasteiger partial charge < -0.3 is 5.32 Å². The van der Waals surface area contributed by atoms with Crippen LogP contribution in [0.5, 0.6) is 0 Å². The smallest absolute Gasteiger partial charge is 0.257 e. The summed E-state index contributed by atoms with van der Waals surface area (Å²) in [5.41, 5.74) is 1.19. The first kappa shape index (κ1) is 19.9. The van der Waals surface area contributed by atoms with E-state index in [9.17, 15) is 9.59 Å². The monoisotopic (exact) mass is 481 g/mol. The molecule has 0 saturated carbocycles. The molecule has 0 aromatic heterocycles. The lowest BCUT2D eigenvalue weighted by Gasteiger charge is -2.13. The molecule has 0 spiro atoms. The summed E-state index contributed by atoms with van der Waals surface area (Å²) in [4.78, 5) is 25.6. The number of amides is 1. The molecule has 0 aliphatic heterocycles. The number of carbonyl (C=O) groups is 2. The fraction of sp³-hybridized carbons (Fsp3) is 0. The van der Waals surface area contributed by atoms with E-state index in [0.717, 1.165) is 0 Å². The Bertz CT molecular complexity index is 1050. The van der Waals surface area contributed by atoms with Gasteiger partial charge in [-0.05, 0) is 48.5 Å². The highest BCUT2D eigenvalue weighted by Crippen LogP contribution is 2.28. The number of hydrogen-bond donors (Lipinski definition) is 1. The Kier molecular flexibility index (Phi) is 6.22. The standard InChI is InChI=1S/C20H11BrCl3NO2/c21-11-5-8-18(25-20(27)14-10-12(22)6-7-17(14)24)15(9-11)19(26)13-3-1-2-4-16(13)23/h1-10H,(H,25,27). The molecule has 0 atom stereocenters. The maximum absolute atomic E-state index is 13.0. The van der Waals surface area contributed by atoms with E-state index in [0.29, 0.717) is 31.3 Å². The third-order valence-electron chi connectivity index (χ3n) is 3.77. The van der Waals surface area contributed by atoms with Crippen LogP contribution in [0.15, 0.2) is 65.1 Å². The van der Waals surface area contributed by atoms with E-state index in [1.807, 2.05) is 0 Å². The van der Waals surface area contributed by atoms with Crippen LogP contribution < -0.4 is 5.32 Å². The Morgan fingerprint density at radius 2 is 1.48 bits per heavy atom. The van der Waals surface area contributed by atoms with Crippen molar-refractivity contribution in [2.24, 2.45) is 0 Å². The molecule has 7 heteroatoms. The molecule has 0 unspecified atom stereocenters. The second-order valence-electron chi connectivity index (χ2n) is 5.58. The molecule has 136 valence electrons. The van der Waals surface area contributed by atoms with E-state index in [1.54, 1.807) is 48.5 Å². The summed E-state index contributed by atoms with van der Waals surface area (Å²) in [6.45, 7) is 0. The maximum atomic E-state index is 13.0. The third-order valence-corrected chi connectivity index (χ3v) is 5.15. The van der Waals surface area contributed by atoms with Crippen molar-refractivity contribution in [1.29, 1.82) is 0 Å². The van der Waals surface area contributed by atoms with Crippen molar-refractivity contribution in [1.82, 2.24) is 0 Å². The first-order valence-electron chi connectivity index (χ1n) is 7.72. The molecule has 0 saturated heterocycles. The summed E-state index contributed by atoms with van der Waals surface area (Å²) < 4.78 is 0.691. The first-order valence-corrected chi connectivity index (χ1v) is 9.64. The molecule has 3 aromatic rings. The van der Waals surface area contributed by atoms with Crippen LogP contribution in [0.3, 0.4) is 0 Å². The van der Waals surface area contributed by atoms with Gasteiger partial charge in [-0.3, -0.25) is 9.59 Å². The van der Waals surface area contributed by atoms with Crippen molar-refractivity contribution >= 4 is 68.1 Å². The van der Waals surface area contributed by atoms with Gasteiger partial charge in [0.15, 0.2) is 5.78 Å². The van der Waals surface area contributed by atoms with Gasteiger partial charge in [0.05, 0.1) is 21.3 Å². The number of carbonyl (C=O) groups excluding carboxylic acids is 2. The predicted octanol–water partition coefficient (Wildman–Crippen LogP) is 6.89. The van der Waals surface area contributed by atoms with E-state index in [1.165, 1.54) is 12.1 Å². The molecule has 0 heterocycles. The minimum Gasteiger partial charge on any atom is -0.321 e. The predicted molar refractivity (Wildman–Crippen MR) is 113 cm³/mol. The van der Waals surface area contributed by atoms with Gasteiger partial charge in [-0.2, -0.15) is 0 Å². The van der Waals surface area contributed by atoms with Gasteiger partial charge in [0.25, 0.3) is 5.91 Å². The van der Waals surface area contributed by atoms with E-state index >= 15 is 0 Å². The molecule has 0 aliphatic rings. The summed E-state index contributed by atoms with van der Waals surface area (Å²) in [5.74, 6) is -0.785. The van der Waals surface area contributed by atoms with Crippen LogP contribution in [0.2, 0.25) is 15.1 Å². The summed E-state index contributed by atoms with van der Waals surface area (Å²) in [7, 11) is 0. The molecule has 0 fully saturated rings. The number of anilines is 1. The zero-order chi connectivity index (χ0) is 19.6. The summed E-state index contributed by atoms with van der Waals surface area (Å²) in [5, 5.41) is 3.70. The van der Waals surface area contributed by atoms with E-state index < -0.39 is 5.91 Å². The quantitative estimate of drug-likeness (QED) is 0.411. The van der Waals surface area contributed by atoms with Gasteiger partial charge in [0, 0.05) is 20.6 Å². The number of benzene rings is 3. The van der Waals surface area contributed by atoms with E-state index in [2.05, 4.69) is 21.2 Å². The molecular weight excluding hydrogens is 472 g/mol. The van der Waals surface area contributed by atoms with Crippen molar-refractivity contribution in [3.05, 3.63) is 96.9 Å². The molecule has 1 amide bonds. The van der Waals surface area contributed by atoms with Gasteiger partial charge in [0.1, 0.15) is 0 Å². The fourth-order valence-corrected chi connectivity index (χ4v) is 3.42. The molecular formula is C20H11BrCl3NO2. The lowest BCUT2D eigenvalue weighted by molar-refractivity contribution is 0.102. The zero-order valence-electron chi connectivity index (χ0n) is 13.6. The highest BCUT2D eigenvalue weighted by Gasteiger charge is 2.19. The van der Waals surface area contributed by atoms with Crippen LogP contribution in [0.25, 0.3) is 0 Å². The Morgan fingerprint density at radius 3 is 2.22 bits per heavy atom. The minimum absolute atomic E-state index is 0.211. The first-order chi connectivity index (χ1) is 12.9. The van der Waals surface area contributed by atoms with Crippen molar-refractivity contribution in [3.8, 4) is 0 Å². The lowest BCUT2D eigenvalue weighted by Crippen LogP contribution is -2.16. The van der Waals surface area contributed by atoms with Crippen molar-refractivity contribution in [2.75, 3.05) is 5.32 Å². The van der Waals surface area contributed by atoms with Gasteiger partial charge in [-0.25, -0.2) is 0 Å². The number of halogens is 4. The molecule has 3 aromatic carbocycles. The SMILES string of the molecule is O=C(Nc1ccc(Br)cc1C(=O)c1ccccc1Cl)c1cc(Cl)ccc1Cl. The highest BCUT2D eigenvalue weighted by molar-refractivity contribution is 9.10. The second kappa shape index (κ2) is 8.44.